The summed E-state index contributed by atoms with van der Waals surface area (Å²) in [5.74, 6) is 0. The van der Waals surface area contributed by atoms with Crippen molar-refractivity contribution in [2.24, 2.45) is 0 Å². The molecule has 0 aliphatic heterocycles. The van der Waals surface area contributed by atoms with Crippen LogP contribution in [0, 0.1) is 0 Å². The Kier molecular flexibility index (Phi) is 7.50. The summed E-state index contributed by atoms with van der Waals surface area (Å²) in [6.07, 6.45) is 0. The van der Waals surface area contributed by atoms with Crippen LogP contribution in [0.1, 0.15) is 77.6 Å². The minimum Gasteiger partial charge on any atom is -0.0683 e. The Bertz CT molecular complexity index is 2620. The number of allylic oxidation sites excluding steroid dienone is 2. The quantitative estimate of drug-likeness (QED) is 0.164. The Morgan fingerprint density at radius 1 is 0.340 bits per heavy atom. The van der Waals surface area contributed by atoms with Gasteiger partial charge in [-0.25, -0.2) is 0 Å². The summed E-state index contributed by atoms with van der Waals surface area (Å²) < 4.78 is 0. The molecule has 0 bridgehead atoms. The van der Waals surface area contributed by atoms with Crippen LogP contribution in [0.4, 0.5) is 0 Å². The zero-order valence-corrected chi connectivity index (χ0v) is 30.7. The minimum absolute atomic E-state index is 0.00822. The van der Waals surface area contributed by atoms with Crippen LogP contribution in [0.5, 0.6) is 0 Å². The van der Waals surface area contributed by atoms with Crippen LogP contribution in [0.25, 0.3) is 76.5 Å². The maximum absolute atomic E-state index is 2.50. The largest absolute Gasteiger partial charge is 0.0683 e. The van der Waals surface area contributed by atoms with Crippen molar-refractivity contribution in [3.05, 3.63) is 156 Å². The molecular formula is C50H46. The fourth-order valence-corrected chi connectivity index (χ4v) is 9.19. The van der Waals surface area contributed by atoms with E-state index in [2.05, 4.69) is 161 Å². The topological polar surface area (TPSA) is 0 Å². The molecule has 2 aliphatic rings. The van der Waals surface area contributed by atoms with Gasteiger partial charge in [-0.15, -0.1) is 0 Å². The second kappa shape index (κ2) is 11.7. The van der Waals surface area contributed by atoms with E-state index >= 15 is 0 Å². The van der Waals surface area contributed by atoms with E-state index in [0.717, 1.165) is 0 Å². The second-order valence-electron chi connectivity index (χ2n) is 14.5. The number of hydrogen-bond donors (Lipinski definition) is 0. The molecule has 0 aromatic heterocycles. The number of hydrogen-bond acceptors (Lipinski definition) is 0. The van der Waals surface area contributed by atoms with Gasteiger partial charge in [0.25, 0.3) is 0 Å². The van der Waals surface area contributed by atoms with Gasteiger partial charge in [-0.1, -0.05) is 177 Å². The van der Waals surface area contributed by atoms with E-state index in [4.69, 9.17) is 0 Å². The predicted molar refractivity (Wildman–Crippen MR) is 221 cm³/mol. The van der Waals surface area contributed by atoms with Crippen molar-refractivity contribution < 1.29 is 0 Å². The molecule has 0 saturated heterocycles. The molecular weight excluding hydrogens is 601 g/mol. The van der Waals surface area contributed by atoms with Crippen LogP contribution in [-0.4, -0.2) is 0 Å². The molecule has 0 fully saturated rings. The van der Waals surface area contributed by atoms with Crippen LogP contribution in [0.15, 0.2) is 133 Å². The highest BCUT2D eigenvalue weighted by molar-refractivity contribution is 6.27. The summed E-state index contributed by atoms with van der Waals surface area (Å²) in [6.45, 7) is 17.7. The summed E-state index contributed by atoms with van der Waals surface area (Å²) in [5, 5.41) is 10.5. The Hall–Kier alpha value is -5.20. The van der Waals surface area contributed by atoms with Gasteiger partial charge in [-0.05, 0) is 111 Å². The average molecular weight is 647 g/mol. The molecule has 0 nitrogen and oxygen atoms in total. The van der Waals surface area contributed by atoms with Crippen LogP contribution in [0.3, 0.4) is 0 Å². The fraction of sp³-hybridized carbons (Fsp3) is 0.200. The highest BCUT2D eigenvalue weighted by Crippen LogP contribution is 2.62. The van der Waals surface area contributed by atoms with Crippen molar-refractivity contribution in [3.63, 3.8) is 0 Å². The molecule has 0 radical (unpaired) electrons. The van der Waals surface area contributed by atoms with Gasteiger partial charge in [-0.3, -0.25) is 0 Å². The molecule has 10 rings (SSSR count). The highest BCUT2D eigenvalue weighted by Gasteiger charge is 2.49. The second-order valence-corrected chi connectivity index (χ2v) is 14.5. The van der Waals surface area contributed by atoms with Crippen molar-refractivity contribution in [2.75, 3.05) is 0 Å². The molecule has 8 aromatic rings. The van der Waals surface area contributed by atoms with Crippen LogP contribution < -0.4 is 0 Å². The van der Waals surface area contributed by atoms with Gasteiger partial charge in [0.1, 0.15) is 0 Å². The zero-order valence-electron chi connectivity index (χ0n) is 30.7. The van der Waals surface area contributed by atoms with Gasteiger partial charge in [-0.2, -0.15) is 0 Å². The van der Waals surface area contributed by atoms with Crippen molar-refractivity contribution in [1.29, 1.82) is 0 Å². The summed E-state index contributed by atoms with van der Waals surface area (Å²) in [5.41, 5.74) is 13.9. The zero-order chi connectivity index (χ0) is 34.9. The summed E-state index contributed by atoms with van der Waals surface area (Å²) in [7, 11) is 0. The molecule has 246 valence electrons. The van der Waals surface area contributed by atoms with Crippen LogP contribution in [-0.2, 0) is 10.8 Å². The molecule has 0 N–H and O–H groups in total. The molecule has 0 saturated carbocycles. The molecule has 0 amide bonds. The first kappa shape index (κ1) is 32.0. The monoisotopic (exact) mass is 646 g/mol. The molecule has 0 spiro atoms. The van der Waals surface area contributed by atoms with Gasteiger partial charge in [0.2, 0.25) is 0 Å². The van der Waals surface area contributed by atoms with Gasteiger partial charge < -0.3 is 0 Å². The van der Waals surface area contributed by atoms with Crippen molar-refractivity contribution in [3.8, 4) is 22.3 Å². The molecule has 0 heteroatoms. The van der Waals surface area contributed by atoms with Gasteiger partial charge >= 0.3 is 0 Å². The summed E-state index contributed by atoms with van der Waals surface area (Å²) in [6, 6.07) is 50.5. The molecule has 0 unspecified atom stereocenters. The summed E-state index contributed by atoms with van der Waals surface area (Å²) >= 11 is 0. The van der Waals surface area contributed by atoms with Crippen molar-refractivity contribution in [2.45, 2.75) is 66.2 Å². The predicted octanol–water partition coefficient (Wildman–Crippen LogP) is 14.6. The molecule has 2 aliphatic carbocycles. The number of rotatable bonds is 2. The maximum Gasteiger partial charge on any atom is 0.0162 e. The van der Waals surface area contributed by atoms with E-state index in [9.17, 15) is 0 Å². The first-order valence-electron chi connectivity index (χ1n) is 18.5. The SMILES string of the molecule is CC.CC.CC1(C)C2=C(c3ccccc31)C(C)(C)c1cc(-c3ccc4ccc5c(-c6ccc7ccccc7c6)ccc6ccc3c4c65)ccc12. The van der Waals surface area contributed by atoms with Crippen molar-refractivity contribution in [1.82, 2.24) is 0 Å². The van der Waals surface area contributed by atoms with Gasteiger partial charge in [0, 0.05) is 10.8 Å². The number of benzene rings is 8. The van der Waals surface area contributed by atoms with E-state index in [0.29, 0.717) is 0 Å². The van der Waals surface area contributed by atoms with Crippen LogP contribution >= 0.6 is 0 Å². The normalized spacial score (nSPS) is 15.0. The van der Waals surface area contributed by atoms with E-state index in [1.54, 1.807) is 0 Å². The minimum atomic E-state index is -0.0664. The Morgan fingerprint density at radius 3 is 1.42 bits per heavy atom. The number of fused-ring (bicyclic) bond motifs is 5. The van der Waals surface area contributed by atoms with E-state index < -0.39 is 0 Å². The molecule has 0 atom stereocenters. The van der Waals surface area contributed by atoms with Gasteiger partial charge in [0.15, 0.2) is 0 Å². The smallest absolute Gasteiger partial charge is 0.0162 e. The van der Waals surface area contributed by atoms with Crippen LogP contribution in [0.2, 0.25) is 0 Å². The average Bonchev–Trinajstić information content (AvgIpc) is 3.56. The van der Waals surface area contributed by atoms with E-state index in [1.807, 2.05) is 27.7 Å². The highest BCUT2D eigenvalue weighted by atomic mass is 14.5. The molecule has 50 heavy (non-hydrogen) atoms. The maximum atomic E-state index is 2.50. The third-order valence-corrected chi connectivity index (χ3v) is 11.4. The first-order valence-corrected chi connectivity index (χ1v) is 18.5. The third-order valence-electron chi connectivity index (χ3n) is 11.4. The molecule has 8 aromatic carbocycles. The lowest BCUT2D eigenvalue weighted by Gasteiger charge is -2.28. The molecule has 0 heterocycles. The fourth-order valence-electron chi connectivity index (χ4n) is 9.19. The Morgan fingerprint density at radius 2 is 0.780 bits per heavy atom. The Balaban J connectivity index is 0.000000873. The lowest BCUT2D eigenvalue weighted by molar-refractivity contribution is 0.694. The standard InChI is InChI=1S/C46H34.2C2H6/c1-45(2)39-12-8-7-11-37(39)43-44(45)38-24-19-32(26-40(38)46(43,3)4)34-21-16-29-17-22-35-33(20-15-28-18-23-36(34)42(29)41(28)35)31-14-13-27-9-5-6-10-30(27)25-31;2*1-2/h5-26H,1-4H3;2*1-2H3. The first-order chi connectivity index (χ1) is 24.3. The van der Waals surface area contributed by atoms with Gasteiger partial charge in [0.05, 0.1) is 0 Å². The third kappa shape index (κ3) is 4.37. The van der Waals surface area contributed by atoms with Crippen molar-refractivity contribution >= 4 is 54.2 Å². The van der Waals surface area contributed by atoms with E-state index in [1.165, 1.54) is 98.7 Å². The lowest BCUT2D eigenvalue weighted by Crippen LogP contribution is -2.19. The summed E-state index contributed by atoms with van der Waals surface area (Å²) in [4.78, 5) is 0. The van der Waals surface area contributed by atoms with E-state index in [-0.39, 0.29) is 10.8 Å². The lowest BCUT2D eigenvalue weighted by atomic mass is 9.75. The Labute approximate surface area is 297 Å².